The quantitative estimate of drug-likeness (QED) is 0.822. The number of para-hydroxylation sites is 1. The molecule has 2 N–H and O–H groups in total. The van der Waals surface area contributed by atoms with Crippen molar-refractivity contribution in [3.8, 4) is 5.75 Å². The van der Waals surface area contributed by atoms with E-state index in [1.165, 1.54) is 19.9 Å². The zero-order valence-corrected chi connectivity index (χ0v) is 10.1. The van der Waals surface area contributed by atoms with Crippen LogP contribution in [-0.4, -0.2) is 23.2 Å². The maximum Gasteiger partial charge on any atom is 0.387 e. The molecule has 0 amide bonds. The third-order valence-electron chi connectivity index (χ3n) is 2.44. The molecular weight excluding hydrogens is 244 g/mol. The topological polar surface area (TPSA) is 58.6 Å². The molecule has 1 aromatic rings. The molecule has 4 nitrogen and oxygen atoms in total. The molecule has 18 heavy (non-hydrogen) atoms. The average molecular weight is 259 g/mol. The van der Waals surface area contributed by atoms with E-state index in [-0.39, 0.29) is 12.3 Å². The fourth-order valence-corrected chi connectivity index (χ4v) is 1.25. The first-order valence-electron chi connectivity index (χ1n) is 5.34. The lowest BCUT2D eigenvalue weighted by Gasteiger charge is -2.21. The lowest BCUT2D eigenvalue weighted by atomic mass is 10.1. The Bertz CT molecular complexity index is 422. The van der Waals surface area contributed by atoms with Gasteiger partial charge in [0, 0.05) is 12.1 Å². The summed E-state index contributed by atoms with van der Waals surface area (Å²) >= 11 is 0. The normalized spacial score (nSPS) is 11.6. The van der Waals surface area contributed by atoms with Gasteiger partial charge in [-0.3, -0.25) is 10.1 Å². The Morgan fingerprint density at radius 2 is 2.06 bits per heavy atom. The molecule has 0 fully saturated rings. The van der Waals surface area contributed by atoms with Crippen LogP contribution in [0.1, 0.15) is 19.4 Å². The number of carbonyl (C=O) groups is 1. The highest BCUT2D eigenvalue weighted by Gasteiger charge is 2.26. The van der Waals surface area contributed by atoms with E-state index < -0.39 is 18.1 Å². The SMILES string of the molecule is CC(C)(NCc1ccccc1OC(F)F)C(=O)O. The molecule has 0 saturated heterocycles. The highest BCUT2D eigenvalue weighted by Crippen LogP contribution is 2.20. The van der Waals surface area contributed by atoms with Gasteiger partial charge in [0.25, 0.3) is 0 Å². The van der Waals surface area contributed by atoms with E-state index in [1.54, 1.807) is 18.2 Å². The van der Waals surface area contributed by atoms with Crippen LogP contribution < -0.4 is 10.1 Å². The van der Waals surface area contributed by atoms with Crippen LogP contribution in [0.3, 0.4) is 0 Å². The Kier molecular flexibility index (Phi) is 4.61. The van der Waals surface area contributed by atoms with E-state index in [2.05, 4.69) is 10.1 Å². The number of carboxylic acids is 1. The van der Waals surface area contributed by atoms with Gasteiger partial charge < -0.3 is 9.84 Å². The molecular formula is C12H15F2NO3. The first kappa shape index (κ1) is 14.4. The van der Waals surface area contributed by atoms with Crippen LogP contribution in [0.25, 0.3) is 0 Å². The molecule has 0 unspecified atom stereocenters. The summed E-state index contributed by atoms with van der Waals surface area (Å²) in [6, 6.07) is 6.26. The number of halogens is 2. The second-order valence-corrected chi connectivity index (χ2v) is 4.27. The summed E-state index contributed by atoms with van der Waals surface area (Å²) in [4.78, 5) is 10.9. The predicted octanol–water partition coefficient (Wildman–Crippen LogP) is 2.24. The number of hydrogen-bond donors (Lipinski definition) is 2. The Morgan fingerprint density at radius 3 is 2.61 bits per heavy atom. The monoisotopic (exact) mass is 259 g/mol. The highest BCUT2D eigenvalue weighted by molar-refractivity contribution is 5.77. The molecule has 6 heteroatoms. The van der Waals surface area contributed by atoms with Gasteiger partial charge in [-0.2, -0.15) is 8.78 Å². The van der Waals surface area contributed by atoms with Crippen molar-refractivity contribution in [1.29, 1.82) is 0 Å². The maximum absolute atomic E-state index is 12.2. The molecule has 0 atom stereocenters. The fourth-order valence-electron chi connectivity index (χ4n) is 1.25. The van der Waals surface area contributed by atoms with Gasteiger partial charge in [0.15, 0.2) is 0 Å². The molecule has 0 aliphatic carbocycles. The molecule has 100 valence electrons. The second-order valence-electron chi connectivity index (χ2n) is 4.27. The predicted molar refractivity (Wildman–Crippen MR) is 61.6 cm³/mol. The van der Waals surface area contributed by atoms with Crippen LogP contribution in [0.5, 0.6) is 5.75 Å². The molecule has 0 aromatic heterocycles. The lowest BCUT2D eigenvalue weighted by Crippen LogP contribution is -2.46. The second kappa shape index (κ2) is 5.77. The molecule has 0 spiro atoms. The van der Waals surface area contributed by atoms with Gasteiger partial charge in [0.2, 0.25) is 0 Å². The van der Waals surface area contributed by atoms with Gasteiger partial charge in [0.1, 0.15) is 11.3 Å². The first-order chi connectivity index (χ1) is 8.33. The van der Waals surface area contributed by atoms with Crippen molar-refractivity contribution >= 4 is 5.97 Å². The lowest BCUT2D eigenvalue weighted by molar-refractivity contribution is -0.143. The molecule has 0 saturated carbocycles. The standard InChI is InChI=1S/C12H15F2NO3/c1-12(2,10(16)17)15-7-8-5-3-4-6-9(8)18-11(13)14/h3-6,11,15H,7H2,1-2H3,(H,16,17). The minimum absolute atomic E-state index is 0.0428. The van der Waals surface area contributed by atoms with E-state index in [9.17, 15) is 13.6 Å². The van der Waals surface area contributed by atoms with Gasteiger partial charge in [-0.15, -0.1) is 0 Å². The van der Waals surface area contributed by atoms with Crippen molar-refractivity contribution in [1.82, 2.24) is 5.32 Å². The number of alkyl halides is 2. The smallest absolute Gasteiger partial charge is 0.387 e. The third kappa shape index (κ3) is 3.96. The van der Waals surface area contributed by atoms with Gasteiger partial charge >= 0.3 is 12.6 Å². The molecule has 0 heterocycles. The molecule has 1 aromatic carbocycles. The number of nitrogens with one attached hydrogen (secondary N) is 1. The van der Waals surface area contributed by atoms with E-state index in [1.807, 2.05) is 0 Å². The maximum atomic E-state index is 12.2. The summed E-state index contributed by atoms with van der Waals surface area (Å²) in [6.45, 7) is 0.207. The van der Waals surface area contributed by atoms with Crippen molar-refractivity contribution in [2.24, 2.45) is 0 Å². The van der Waals surface area contributed by atoms with Gasteiger partial charge in [0.05, 0.1) is 0 Å². The van der Waals surface area contributed by atoms with Gasteiger partial charge in [-0.1, -0.05) is 18.2 Å². The summed E-state index contributed by atoms with van der Waals surface area (Å²) in [5, 5.41) is 11.7. The van der Waals surface area contributed by atoms with Crippen LogP contribution in [-0.2, 0) is 11.3 Å². The number of benzene rings is 1. The third-order valence-corrected chi connectivity index (χ3v) is 2.44. The Hall–Kier alpha value is -1.69. The number of aliphatic carboxylic acids is 1. The molecule has 1 rings (SSSR count). The van der Waals surface area contributed by atoms with Crippen molar-refractivity contribution in [3.05, 3.63) is 29.8 Å². The van der Waals surface area contributed by atoms with E-state index in [4.69, 9.17) is 5.11 Å². The summed E-state index contributed by atoms with van der Waals surface area (Å²) in [5.41, 5.74) is -0.662. The molecule has 0 aliphatic rings. The Balaban J connectivity index is 2.76. The van der Waals surface area contributed by atoms with Crippen molar-refractivity contribution in [3.63, 3.8) is 0 Å². The summed E-state index contributed by atoms with van der Waals surface area (Å²) in [5.74, 6) is -0.976. The van der Waals surface area contributed by atoms with Crippen LogP contribution in [0.2, 0.25) is 0 Å². The molecule has 0 bridgehead atoms. The molecule has 0 radical (unpaired) electrons. The number of rotatable bonds is 6. The van der Waals surface area contributed by atoms with Crippen LogP contribution in [0.15, 0.2) is 24.3 Å². The van der Waals surface area contributed by atoms with Crippen molar-refractivity contribution in [2.45, 2.75) is 32.5 Å². The van der Waals surface area contributed by atoms with Crippen molar-refractivity contribution < 1.29 is 23.4 Å². The van der Waals surface area contributed by atoms with Crippen molar-refractivity contribution in [2.75, 3.05) is 0 Å². The first-order valence-corrected chi connectivity index (χ1v) is 5.34. The van der Waals surface area contributed by atoms with Crippen LogP contribution in [0, 0.1) is 0 Å². The zero-order chi connectivity index (χ0) is 13.8. The summed E-state index contributed by atoms with van der Waals surface area (Å²) in [6.07, 6.45) is 0. The Morgan fingerprint density at radius 1 is 1.44 bits per heavy atom. The zero-order valence-electron chi connectivity index (χ0n) is 10.1. The minimum Gasteiger partial charge on any atom is -0.480 e. The fraction of sp³-hybridized carbons (Fsp3) is 0.417. The van der Waals surface area contributed by atoms with Crippen LogP contribution >= 0.6 is 0 Å². The number of hydrogen-bond acceptors (Lipinski definition) is 3. The number of ether oxygens (including phenoxy) is 1. The number of carboxylic acid groups (broad SMARTS) is 1. The molecule has 0 aliphatic heterocycles. The van der Waals surface area contributed by atoms with Gasteiger partial charge in [-0.25, -0.2) is 0 Å². The minimum atomic E-state index is -2.90. The summed E-state index contributed by atoms with van der Waals surface area (Å²) < 4.78 is 28.7. The van der Waals surface area contributed by atoms with Crippen LogP contribution in [0.4, 0.5) is 8.78 Å². The average Bonchev–Trinajstić information content (AvgIpc) is 2.27. The van der Waals surface area contributed by atoms with E-state index in [0.29, 0.717) is 5.56 Å². The van der Waals surface area contributed by atoms with Gasteiger partial charge in [-0.05, 0) is 19.9 Å². The van der Waals surface area contributed by atoms with E-state index >= 15 is 0 Å². The highest BCUT2D eigenvalue weighted by atomic mass is 19.3. The van der Waals surface area contributed by atoms with E-state index in [0.717, 1.165) is 0 Å². The largest absolute Gasteiger partial charge is 0.480 e. The Labute approximate surface area is 104 Å². The summed E-state index contributed by atoms with van der Waals surface area (Å²) in [7, 11) is 0.